The van der Waals surface area contributed by atoms with Crippen molar-refractivity contribution >= 4 is 33.5 Å². The quantitative estimate of drug-likeness (QED) is 0.610. The van der Waals surface area contributed by atoms with Crippen LogP contribution >= 0.6 is 0 Å². The fraction of sp³-hybridized carbons (Fsp3) is 0.100. The van der Waals surface area contributed by atoms with Crippen LogP contribution < -0.4 is 15.1 Å². The number of nitrogens with one attached hydrogen (secondary N) is 2. The number of sulfonamides is 1. The van der Waals surface area contributed by atoms with Crippen LogP contribution in [0.3, 0.4) is 0 Å². The summed E-state index contributed by atoms with van der Waals surface area (Å²) in [4.78, 5) is 31.6. The number of amides is 1. The van der Waals surface area contributed by atoms with Crippen molar-refractivity contribution in [2.24, 2.45) is 0 Å². The summed E-state index contributed by atoms with van der Waals surface area (Å²) in [5.41, 5.74) is 1.22. The van der Waals surface area contributed by atoms with E-state index in [1.807, 2.05) is 0 Å². The van der Waals surface area contributed by atoms with Crippen LogP contribution in [-0.4, -0.2) is 30.3 Å². The Hall–Kier alpha value is -3.79. The van der Waals surface area contributed by atoms with Gasteiger partial charge in [0, 0.05) is 28.2 Å². The highest BCUT2D eigenvalue weighted by Gasteiger charge is 2.17. The predicted molar refractivity (Wildman–Crippen MR) is 107 cm³/mol. The maximum absolute atomic E-state index is 12.5. The first-order chi connectivity index (χ1) is 14.2. The second kappa shape index (κ2) is 8.29. The molecule has 2 aromatic carbocycles. The number of benzene rings is 2. The molecule has 0 radical (unpaired) electrons. The molecule has 3 aromatic rings. The second-order valence-electron chi connectivity index (χ2n) is 6.39. The molecule has 0 aliphatic carbocycles. The summed E-state index contributed by atoms with van der Waals surface area (Å²) in [6, 6.07) is 12.7. The third kappa shape index (κ3) is 4.78. The first-order valence-corrected chi connectivity index (χ1v) is 10.2. The Bertz CT molecular complexity index is 1200. The van der Waals surface area contributed by atoms with Crippen molar-refractivity contribution in [3.8, 4) is 0 Å². The topological polar surface area (TPSA) is 141 Å². The zero-order valence-corrected chi connectivity index (χ0v) is 16.9. The van der Waals surface area contributed by atoms with Gasteiger partial charge in [0.15, 0.2) is 0 Å². The van der Waals surface area contributed by atoms with E-state index < -0.39 is 21.9 Å². The number of anilines is 2. The van der Waals surface area contributed by atoms with E-state index in [9.17, 15) is 23.1 Å². The van der Waals surface area contributed by atoms with E-state index in [0.717, 1.165) is 0 Å². The van der Waals surface area contributed by atoms with Gasteiger partial charge in [-0.05, 0) is 50.2 Å². The Morgan fingerprint density at radius 1 is 0.900 bits per heavy atom. The van der Waals surface area contributed by atoms with E-state index in [0.29, 0.717) is 11.4 Å². The van der Waals surface area contributed by atoms with Crippen molar-refractivity contribution in [2.75, 3.05) is 10.0 Å². The molecular formula is C20H17N4O5S-. The normalized spacial score (nSPS) is 11.0. The molecule has 2 N–H and O–H groups in total. The molecule has 0 spiro atoms. The summed E-state index contributed by atoms with van der Waals surface area (Å²) in [5, 5.41) is 13.7. The van der Waals surface area contributed by atoms with Crippen LogP contribution in [0.1, 0.15) is 32.1 Å². The molecule has 1 amide bonds. The largest absolute Gasteiger partial charge is 0.545 e. The highest BCUT2D eigenvalue weighted by molar-refractivity contribution is 7.92. The van der Waals surface area contributed by atoms with E-state index in [2.05, 4.69) is 20.0 Å². The van der Waals surface area contributed by atoms with Crippen LogP contribution in [-0.2, 0) is 10.0 Å². The lowest BCUT2D eigenvalue weighted by Crippen LogP contribution is -2.26. The molecule has 30 heavy (non-hydrogen) atoms. The van der Waals surface area contributed by atoms with Gasteiger partial charge in [0.2, 0.25) is 5.95 Å². The summed E-state index contributed by atoms with van der Waals surface area (Å²) >= 11 is 0. The Labute approximate surface area is 172 Å². The number of nitrogens with zero attached hydrogens (tertiary/aromatic N) is 2. The molecule has 0 fully saturated rings. The lowest BCUT2D eigenvalue weighted by Gasteiger charge is -2.11. The molecule has 1 heterocycles. The van der Waals surface area contributed by atoms with Gasteiger partial charge in [-0.2, -0.15) is 0 Å². The Balaban J connectivity index is 1.77. The molecule has 0 saturated heterocycles. The number of carbonyl (C=O) groups excluding carboxylic acids is 2. The van der Waals surface area contributed by atoms with Crippen molar-refractivity contribution in [1.29, 1.82) is 0 Å². The third-order valence-electron chi connectivity index (χ3n) is 4.02. The molecule has 9 nitrogen and oxygen atoms in total. The molecule has 154 valence electrons. The summed E-state index contributed by atoms with van der Waals surface area (Å²) in [6.45, 7) is 3.45. The van der Waals surface area contributed by atoms with E-state index >= 15 is 0 Å². The Kier molecular flexibility index (Phi) is 5.79. The predicted octanol–water partition coefficient (Wildman–Crippen LogP) is 1.51. The molecule has 0 aliphatic heterocycles. The van der Waals surface area contributed by atoms with Crippen molar-refractivity contribution in [3.05, 3.63) is 77.1 Å². The molecule has 0 unspecified atom stereocenters. The van der Waals surface area contributed by atoms with Gasteiger partial charge in [-0.3, -0.25) is 4.79 Å². The molecule has 0 atom stereocenters. The minimum atomic E-state index is -3.94. The van der Waals surface area contributed by atoms with E-state index in [1.165, 1.54) is 48.5 Å². The number of rotatable bonds is 6. The summed E-state index contributed by atoms with van der Waals surface area (Å²) in [5.74, 6) is -2.17. The average molecular weight is 425 g/mol. The number of aromatic nitrogens is 2. The van der Waals surface area contributed by atoms with Gasteiger partial charge in [0.05, 0.1) is 10.9 Å². The fourth-order valence-electron chi connectivity index (χ4n) is 2.73. The highest BCUT2D eigenvalue weighted by Crippen LogP contribution is 2.18. The number of hydrogen-bond donors (Lipinski definition) is 2. The van der Waals surface area contributed by atoms with Gasteiger partial charge in [0.1, 0.15) is 0 Å². The van der Waals surface area contributed by atoms with Gasteiger partial charge in [-0.1, -0.05) is 18.2 Å². The van der Waals surface area contributed by atoms with E-state index in [4.69, 9.17) is 0 Å². The highest BCUT2D eigenvalue weighted by atomic mass is 32.2. The van der Waals surface area contributed by atoms with Crippen LogP contribution in [0.4, 0.5) is 11.6 Å². The number of carboxylic acids is 1. The van der Waals surface area contributed by atoms with Crippen LogP contribution in [0.15, 0.2) is 59.5 Å². The van der Waals surface area contributed by atoms with Crippen molar-refractivity contribution < 1.29 is 23.1 Å². The SMILES string of the molecule is Cc1cc(C)nc(NS(=O)(=O)c2ccc(NC(=O)c3ccccc3C(=O)[O-])cc2)n1. The molecule has 0 bridgehead atoms. The average Bonchev–Trinajstić information content (AvgIpc) is 2.67. The lowest BCUT2D eigenvalue weighted by molar-refractivity contribution is -0.255. The van der Waals surface area contributed by atoms with Crippen LogP contribution in [0.5, 0.6) is 0 Å². The summed E-state index contributed by atoms with van der Waals surface area (Å²) in [6.07, 6.45) is 0. The van der Waals surface area contributed by atoms with Crippen molar-refractivity contribution in [1.82, 2.24) is 9.97 Å². The van der Waals surface area contributed by atoms with Crippen molar-refractivity contribution in [2.45, 2.75) is 18.7 Å². The molecule has 0 aliphatic rings. The maximum atomic E-state index is 12.5. The van der Waals surface area contributed by atoms with Gasteiger partial charge < -0.3 is 15.2 Å². The first kappa shape index (κ1) is 20.9. The van der Waals surface area contributed by atoms with Gasteiger partial charge in [0.25, 0.3) is 15.9 Å². The third-order valence-corrected chi connectivity index (χ3v) is 5.37. The molecule has 10 heteroatoms. The zero-order valence-electron chi connectivity index (χ0n) is 16.0. The molecule has 0 saturated carbocycles. The minimum absolute atomic E-state index is 0.0382. The van der Waals surface area contributed by atoms with Gasteiger partial charge >= 0.3 is 0 Å². The molecular weight excluding hydrogens is 408 g/mol. The van der Waals surface area contributed by atoms with Crippen LogP contribution in [0.25, 0.3) is 0 Å². The maximum Gasteiger partial charge on any atom is 0.264 e. The number of carboxylic acid groups (broad SMARTS) is 1. The van der Waals surface area contributed by atoms with Crippen LogP contribution in [0, 0.1) is 13.8 Å². The molecule has 1 aromatic heterocycles. The molecule has 3 rings (SSSR count). The number of aromatic carboxylic acids is 1. The van der Waals surface area contributed by atoms with Gasteiger partial charge in [-0.15, -0.1) is 0 Å². The Morgan fingerprint density at radius 3 is 2.03 bits per heavy atom. The van der Waals surface area contributed by atoms with Gasteiger partial charge in [-0.25, -0.2) is 23.1 Å². The second-order valence-corrected chi connectivity index (χ2v) is 8.07. The Morgan fingerprint density at radius 2 is 1.47 bits per heavy atom. The minimum Gasteiger partial charge on any atom is -0.545 e. The number of carbonyl (C=O) groups is 2. The number of aryl methyl sites for hydroxylation is 2. The fourth-order valence-corrected chi connectivity index (χ4v) is 3.67. The lowest BCUT2D eigenvalue weighted by atomic mass is 10.1. The number of hydrogen-bond acceptors (Lipinski definition) is 7. The van der Waals surface area contributed by atoms with Crippen LogP contribution in [0.2, 0.25) is 0 Å². The smallest absolute Gasteiger partial charge is 0.264 e. The van der Waals surface area contributed by atoms with E-state index in [-0.39, 0.29) is 27.7 Å². The van der Waals surface area contributed by atoms with Crippen molar-refractivity contribution in [3.63, 3.8) is 0 Å². The monoisotopic (exact) mass is 425 g/mol. The standard InChI is InChI=1S/C20H18N4O5S/c1-12-11-13(2)22-20(21-12)24-30(28,29)15-9-7-14(8-10-15)23-18(25)16-5-3-4-6-17(16)19(26)27/h3-11H,1-2H3,(H,23,25)(H,26,27)(H,21,22,24)/p-1. The van der Waals surface area contributed by atoms with E-state index in [1.54, 1.807) is 19.9 Å². The zero-order chi connectivity index (χ0) is 21.9. The first-order valence-electron chi connectivity index (χ1n) is 8.72. The summed E-state index contributed by atoms with van der Waals surface area (Å²) in [7, 11) is -3.94. The summed E-state index contributed by atoms with van der Waals surface area (Å²) < 4.78 is 27.4.